The molecule has 1 saturated heterocycles. The van der Waals surface area contributed by atoms with Gasteiger partial charge in [0.25, 0.3) is 5.91 Å². The van der Waals surface area contributed by atoms with Crippen LogP contribution < -0.4 is 10.2 Å². The van der Waals surface area contributed by atoms with Crippen LogP contribution in [0.25, 0.3) is 11.0 Å². The van der Waals surface area contributed by atoms with Gasteiger partial charge in [-0.15, -0.1) is 0 Å². The van der Waals surface area contributed by atoms with Gasteiger partial charge in [0, 0.05) is 53.8 Å². The molecule has 1 aliphatic heterocycles. The zero-order valence-corrected chi connectivity index (χ0v) is 17.8. The van der Waals surface area contributed by atoms with Crippen LogP contribution in [-0.4, -0.2) is 44.0 Å². The number of furan rings is 1. The number of likely N-dealkylation sites (N-methyl/N-ethyl adjacent to an activating group) is 1. The molecule has 2 aromatic carbocycles. The summed E-state index contributed by atoms with van der Waals surface area (Å²) in [6.07, 6.45) is 0. The van der Waals surface area contributed by atoms with Crippen LogP contribution in [0.2, 0.25) is 0 Å². The Morgan fingerprint density at radius 1 is 1.14 bits per heavy atom. The molecule has 0 spiro atoms. The number of carbonyl (C=O) groups excluding carboxylic acids is 1. The van der Waals surface area contributed by atoms with Crippen molar-refractivity contribution in [2.75, 3.05) is 38.1 Å². The lowest BCUT2D eigenvalue weighted by molar-refractivity contribution is 0.0924. The normalized spacial score (nSPS) is 15.2. The highest BCUT2D eigenvalue weighted by Crippen LogP contribution is 2.28. The van der Waals surface area contributed by atoms with Gasteiger partial charge in [-0.3, -0.25) is 4.79 Å². The van der Waals surface area contributed by atoms with Gasteiger partial charge in [-0.2, -0.15) is 0 Å². The summed E-state index contributed by atoms with van der Waals surface area (Å²) in [7, 11) is 2.15. The Hall–Kier alpha value is -2.31. The van der Waals surface area contributed by atoms with Crippen molar-refractivity contribution in [2.45, 2.75) is 13.5 Å². The number of benzene rings is 2. The summed E-state index contributed by atoms with van der Waals surface area (Å²) in [6, 6.07) is 14.1. The van der Waals surface area contributed by atoms with Gasteiger partial charge in [-0.1, -0.05) is 34.1 Å². The highest BCUT2D eigenvalue weighted by atomic mass is 79.9. The first-order chi connectivity index (χ1) is 13.5. The molecule has 0 aliphatic carbocycles. The van der Waals surface area contributed by atoms with Gasteiger partial charge in [0.2, 0.25) is 0 Å². The van der Waals surface area contributed by atoms with Gasteiger partial charge in [0.05, 0.1) is 0 Å². The Bertz CT molecular complexity index is 1010. The number of amides is 1. The lowest BCUT2D eigenvalue weighted by Crippen LogP contribution is -2.45. The number of hydrogen-bond donors (Lipinski definition) is 1. The van der Waals surface area contributed by atoms with E-state index in [0.29, 0.717) is 12.3 Å². The zero-order chi connectivity index (χ0) is 19.7. The van der Waals surface area contributed by atoms with Crippen molar-refractivity contribution in [1.29, 1.82) is 0 Å². The molecule has 4 rings (SSSR count). The van der Waals surface area contributed by atoms with Crippen LogP contribution in [0.15, 0.2) is 51.4 Å². The molecule has 0 bridgehead atoms. The van der Waals surface area contributed by atoms with Crippen LogP contribution in [0, 0.1) is 6.92 Å². The van der Waals surface area contributed by atoms with Crippen molar-refractivity contribution in [3.05, 3.63) is 63.8 Å². The minimum Gasteiger partial charge on any atom is -0.451 e. The smallest absolute Gasteiger partial charge is 0.287 e. The van der Waals surface area contributed by atoms with E-state index in [2.05, 4.69) is 56.3 Å². The van der Waals surface area contributed by atoms with E-state index in [1.165, 1.54) is 5.69 Å². The number of carbonyl (C=O) groups is 1. The Kier molecular flexibility index (Phi) is 5.42. The maximum absolute atomic E-state index is 12.8. The maximum atomic E-state index is 12.8. The van der Waals surface area contributed by atoms with E-state index in [-0.39, 0.29) is 5.91 Å². The molecular formula is C22H24BrN3O2. The van der Waals surface area contributed by atoms with Crippen molar-refractivity contribution in [2.24, 2.45) is 0 Å². The summed E-state index contributed by atoms with van der Waals surface area (Å²) >= 11 is 3.47. The van der Waals surface area contributed by atoms with E-state index >= 15 is 0 Å². The molecule has 1 aromatic heterocycles. The molecule has 2 heterocycles. The number of fused-ring (bicyclic) bond motifs is 1. The number of rotatable bonds is 4. The number of halogens is 1. The maximum Gasteiger partial charge on any atom is 0.287 e. The van der Waals surface area contributed by atoms with Gasteiger partial charge in [0.15, 0.2) is 5.76 Å². The molecule has 1 N–H and O–H groups in total. The molecule has 3 aromatic rings. The van der Waals surface area contributed by atoms with Crippen molar-refractivity contribution in [1.82, 2.24) is 10.2 Å². The molecule has 5 nitrogen and oxygen atoms in total. The van der Waals surface area contributed by atoms with Gasteiger partial charge >= 0.3 is 0 Å². The van der Waals surface area contributed by atoms with Crippen LogP contribution in [0.3, 0.4) is 0 Å². The van der Waals surface area contributed by atoms with Crippen LogP contribution >= 0.6 is 15.9 Å². The van der Waals surface area contributed by atoms with E-state index in [9.17, 15) is 4.79 Å². The van der Waals surface area contributed by atoms with Crippen LogP contribution in [0.4, 0.5) is 5.69 Å². The predicted octanol–water partition coefficient (Wildman–Crippen LogP) is 4.19. The molecule has 0 radical (unpaired) electrons. The van der Waals surface area contributed by atoms with E-state index in [0.717, 1.165) is 52.7 Å². The van der Waals surface area contributed by atoms with Crippen molar-refractivity contribution in [3.63, 3.8) is 0 Å². The molecule has 0 atom stereocenters. The highest BCUT2D eigenvalue weighted by molar-refractivity contribution is 9.10. The topological polar surface area (TPSA) is 48.7 Å². The predicted molar refractivity (Wildman–Crippen MR) is 116 cm³/mol. The number of anilines is 1. The molecule has 1 aliphatic rings. The Balaban J connectivity index is 1.51. The molecule has 6 heteroatoms. The fourth-order valence-corrected chi connectivity index (χ4v) is 4.04. The summed E-state index contributed by atoms with van der Waals surface area (Å²) in [6.45, 7) is 6.49. The van der Waals surface area contributed by atoms with E-state index in [4.69, 9.17) is 4.42 Å². The molecule has 0 unspecified atom stereocenters. The minimum absolute atomic E-state index is 0.182. The van der Waals surface area contributed by atoms with Gasteiger partial charge in [0.1, 0.15) is 5.58 Å². The Morgan fingerprint density at radius 3 is 2.68 bits per heavy atom. The molecule has 0 saturated carbocycles. The van der Waals surface area contributed by atoms with Crippen molar-refractivity contribution in [3.8, 4) is 0 Å². The molecule has 146 valence electrons. The zero-order valence-electron chi connectivity index (χ0n) is 16.2. The largest absolute Gasteiger partial charge is 0.451 e. The second kappa shape index (κ2) is 7.97. The summed E-state index contributed by atoms with van der Waals surface area (Å²) < 4.78 is 6.78. The van der Waals surface area contributed by atoms with Crippen LogP contribution in [0.1, 0.15) is 21.7 Å². The summed E-state index contributed by atoms with van der Waals surface area (Å²) in [4.78, 5) is 17.5. The average molecular weight is 442 g/mol. The van der Waals surface area contributed by atoms with E-state index in [1.807, 2.05) is 31.2 Å². The molecule has 28 heavy (non-hydrogen) atoms. The molecule has 1 fully saturated rings. The first-order valence-electron chi connectivity index (χ1n) is 9.51. The number of para-hydroxylation sites is 1. The first kappa shape index (κ1) is 19.0. The summed E-state index contributed by atoms with van der Waals surface area (Å²) in [5.74, 6) is 0.197. The number of nitrogens with one attached hydrogen (secondary N) is 1. The minimum atomic E-state index is -0.182. The standard InChI is InChI=1S/C22H24BrN3O2/c1-15-18-13-17(23)7-8-20(18)28-21(15)22(27)24-14-16-5-3-4-6-19(16)26-11-9-25(2)10-12-26/h3-8,13H,9-12,14H2,1-2H3,(H,24,27). The van der Waals surface area contributed by atoms with Crippen molar-refractivity contribution < 1.29 is 9.21 Å². The first-order valence-corrected chi connectivity index (χ1v) is 10.3. The van der Waals surface area contributed by atoms with Gasteiger partial charge < -0.3 is 19.5 Å². The average Bonchev–Trinajstić information content (AvgIpc) is 3.03. The highest BCUT2D eigenvalue weighted by Gasteiger charge is 2.20. The summed E-state index contributed by atoms with van der Waals surface area (Å²) in [5.41, 5.74) is 3.91. The van der Waals surface area contributed by atoms with Crippen LogP contribution in [0.5, 0.6) is 0 Å². The third-order valence-electron chi connectivity index (χ3n) is 5.38. The number of aryl methyl sites for hydroxylation is 1. The Morgan fingerprint density at radius 2 is 1.89 bits per heavy atom. The third-order valence-corrected chi connectivity index (χ3v) is 5.87. The number of nitrogens with zero attached hydrogens (tertiary/aromatic N) is 2. The third kappa shape index (κ3) is 3.80. The fourth-order valence-electron chi connectivity index (χ4n) is 3.68. The fraction of sp³-hybridized carbons (Fsp3) is 0.318. The Labute approximate surface area is 173 Å². The monoisotopic (exact) mass is 441 g/mol. The van der Waals surface area contributed by atoms with Crippen LogP contribution in [-0.2, 0) is 6.54 Å². The number of piperazine rings is 1. The molecular weight excluding hydrogens is 418 g/mol. The van der Waals surface area contributed by atoms with Gasteiger partial charge in [-0.05, 0) is 43.8 Å². The van der Waals surface area contributed by atoms with E-state index in [1.54, 1.807) is 0 Å². The van der Waals surface area contributed by atoms with Gasteiger partial charge in [-0.25, -0.2) is 0 Å². The van der Waals surface area contributed by atoms with E-state index < -0.39 is 0 Å². The number of hydrogen-bond acceptors (Lipinski definition) is 4. The second-order valence-corrected chi connectivity index (χ2v) is 8.21. The second-order valence-electron chi connectivity index (χ2n) is 7.30. The summed E-state index contributed by atoms with van der Waals surface area (Å²) in [5, 5.41) is 3.99. The van der Waals surface area contributed by atoms with Crippen molar-refractivity contribution >= 4 is 38.5 Å². The lowest BCUT2D eigenvalue weighted by atomic mass is 10.1. The molecule has 1 amide bonds. The SMILES string of the molecule is Cc1c(C(=O)NCc2ccccc2N2CCN(C)CC2)oc2ccc(Br)cc12. The lowest BCUT2D eigenvalue weighted by Gasteiger charge is -2.35. The quantitative estimate of drug-likeness (QED) is 0.659.